The number of para-hydroxylation sites is 1. The summed E-state index contributed by atoms with van der Waals surface area (Å²) in [6, 6.07) is 11.2. The van der Waals surface area contributed by atoms with Crippen molar-refractivity contribution < 1.29 is 9.53 Å². The summed E-state index contributed by atoms with van der Waals surface area (Å²) in [6.45, 7) is 3.63. The van der Waals surface area contributed by atoms with Crippen LogP contribution in [0.1, 0.15) is 15.9 Å². The Bertz CT molecular complexity index is 810. The minimum absolute atomic E-state index is 0.158. The zero-order chi connectivity index (χ0) is 17.8. The Morgan fingerprint density at radius 3 is 2.64 bits per heavy atom. The van der Waals surface area contributed by atoms with Crippen molar-refractivity contribution in [1.82, 2.24) is 9.47 Å². The van der Waals surface area contributed by atoms with E-state index in [0.717, 1.165) is 37.6 Å². The molecule has 2 aromatic rings. The Morgan fingerprint density at radius 2 is 1.92 bits per heavy atom. The Morgan fingerprint density at radius 1 is 1.20 bits per heavy atom. The molecule has 1 amide bonds. The predicted octanol–water partition coefficient (Wildman–Crippen LogP) is 1.49. The van der Waals surface area contributed by atoms with Gasteiger partial charge in [0.05, 0.1) is 13.2 Å². The molecule has 1 fully saturated rings. The zero-order valence-corrected chi connectivity index (χ0v) is 14.6. The van der Waals surface area contributed by atoms with E-state index in [0.29, 0.717) is 12.1 Å². The molecule has 25 heavy (non-hydrogen) atoms. The minimum Gasteiger partial charge on any atom is -0.378 e. The van der Waals surface area contributed by atoms with Crippen molar-refractivity contribution >= 4 is 11.6 Å². The number of pyridine rings is 1. The molecule has 0 radical (unpaired) electrons. The van der Waals surface area contributed by atoms with E-state index < -0.39 is 0 Å². The minimum atomic E-state index is -0.187. The van der Waals surface area contributed by atoms with Crippen LogP contribution in [0.15, 0.2) is 47.4 Å². The standard InChI is InChI=1S/C19H23N3O3/c1-20-8-7-15(13-18(20)23)19(24)21(2)14-16-5-3-4-6-17(16)22-9-11-25-12-10-22/h3-8,13H,9-12,14H2,1-2H3. The maximum absolute atomic E-state index is 12.6. The second kappa shape index (κ2) is 7.53. The molecule has 0 bridgehead atoms. The van der Waals surface area contributed by atoms with Crippen molar-refractivity contribution in [3.8, 4) is 0 Å². The highest BCUT2D eigenvalue weighted by Crippen LogP contribution is 2.23. The van der Waals surface area contributed by atoms with Crippen LogP contribution in [-0.4, -0.2) is 48.7 Å². The summed E-state index contributed by atoms with van der Waals surface area (Å²) in [7, 11) is 3.43. The molecule has 0 spiro atoms. The highest BCUT2D eigenvalue weighted by Gasteiger charge is 2.18. The molecule has 0 unspecified atom stereocenters. The molecule has 0 N–H and O–H groups in total. The van der Waals surface area contributed by atoms with Gasteiger partial charge in [-0.1, -0.05) is 18.2 Å². The zero-order valence-electron chi connectivity index (χ0n) is 14.6. The maximum Gasteiger partial charge on any atom is 0.254 e. The fraction of sp³-hybridized carbons (Fsp3) is 0.368. The molecule has 1 aliphatic heterocycles. The van der Waals surface area contributed by atoms with Crippen molar-refractivity contribution in [2.75, 3.05) is 38.3 Å². The van der Waals surface area contributed by atoms with Crippen LogP contribution in [-0.2, 0) is 18.3 Å². The topological polar surface area (TPSA) is 54.8 Å². The number of rotatable bonds is 4. The van der Waals surface area contributed by atoms with Gasteiger partial charge in [-0.3, -0.25) is 9.59 Å². The van der Waals surface area contributed by atoms with Gasteiger partial charge >= 0.3 is 0 Å². The number of ether oxygens (including phenoxy) is 1. The van der Waals surface area contributed by atoms with Crippen molar-refractivity contribution in [3.63, 3.8) is 0 Å². The number of aromatic nitrogens is 1. The van der Waals surface area contributed by atoms with Crippen LogP contribution in [0.25, 0.3) is 0 Å². The number of carbonyl (C=O) groups is 1. The molecule has 0 aliphatic carbocycles. The van der Waals surface area contributed by atoms with Gasteiger partial charge in [-0.25, -0.2) is 0 Å². The average Bonchev–Trinajstić information content (AvgIpc) is 2.64. The summed E-state index contributed by atoms with van der Waals surface area (Å²) in [5.41, 5.74) is 2.45. The highest BCUT2D eigenvalue weighted by atomic mass is 16.5. The van der Waals surface area contributed by atoms with Gasteiger partial charge in [0, 0.05) is 57.2 Å². The molecule has 3 rings (SSSR count). The third-order valence-electron chi connectivity index (χ3n) is 4.45. The predicted molar refractivity (Wildman–Crippen MR) is 97.0 cm³/mol. The first-order chi connectivity index (χ1) is 12.1. The fourth-order valence-corrected chi connectivity index (χ4v) is 2.99. The molecule has 132 valence electrons. The molecule has 6 nitrogen and oxygen atoms in total. The van der Waals surface area contributed by atoms with E-state index in [2.05, 4.69) is 11.0 Å². The maximum atomic E-state index is 12.6. The quantitative estimate of drug-likeness (QED) is 0.846. The largest absolute Gasteiger partial charge is 0.378 e. The lowest BCUT2D eigenvalue weighted by atomic mass is 10.1. The number of nitrogens with zero attached hydrogens (tertiary/aromatic N) is 3. The van der Waals surface area contributed by atoms with E-state index in [4.69, 9.17) is 4.74 Å². The van der Waals surface area contributed by atoms with Gasteiger partial charge < -0.3 is 19.1 Å². The first-order valence-corrected chi connectivity index (χ1v) is 8.39. The average molecular weight is 341 g/mol. The third kappa shape index (κ3) is 3.91. The van der Waals surface area contributed by atoms with Crippen molar-refractivity contribution in [1.29, 1.82) is 0 Å². The van der Waals surface area contributed by atoms with Crippen LogP contribution in [0, 0.1) is 0 Å². The Balaban J connectivity index is 1.78. The second-order valence-electron chi connectivity index (χ2n) is 6.25. The highest BCUT2D eigenvalue weighted by molar-refractivity contribution is 5.93. The SMILES string of the molecule is CN(Cc1ccccc1N1CCOCC1)C(=O)c1ccn(C)c(=O)c1. The van der Waals surface area contributed by atoms with Gasteiger partial charge in [-0.15, -0.1) is 0 Å². The molecule has 1 aliphatic rings. The summed E-state index contributed by atoms with van der Waals surface area (Å²) >= 11 is 0. The summed E-state index contributed by atoms with van der Waals surface area (Å²) in [5, 5.41) is 0. The Hall–Kier alpha value is -2.60. The normalized spacial score (nSPS) is 14.4. The molecule has 1 saturated heterocycles. The molecule has 6 heteroatoms. The van der Waals surface area contributed by atoms with Gasteiger partial charge in [0.2, 0.25) is 0 Å². The summed E-state index contributed by atoms with van der Waals surface area (Å²) in [4.78, 5) is 28.3. The number of carbonyl (C=O) groups excluding carboxylic acids is 1. The van der Waals surface area contributed by atoms with E-state index in [1.165, 1.54) is 10.6 Å². The third-order valence-corrected chi connectivity index (χ3v) is 4.45. The molecule has 0 saturated carbocycles. The van der Waals surface area contributed by atoms with E-state index in [-0.39, 0.29) is 11.5 Å². The van der Waals surface area contributed by atoms with Crippen LogP contribution >= 0.6 is 0 Å². The van der Waals surface area contributed by atoms with Crippen LogP contribution in [0.3, 0.4) is 0 Å². The number of benzene rings is 1. The van der Waals surface area contributed by atoms with Crippen molar-refractivity contribution in [2.45, 2.75) is 6.54 Å². The number of amides is 1. The number of anilines is 1. The molecule has 1 aromatic heterocycles. The number of hydrogen-bond donors (Lipinski definition) is 0. The van der Waals surface area contributed by atoms with E-state index in [1.54, 1.807) is 31.3 Å². The fourth-order valence-electron chi connectivity index (χ4n) is 2.99. The smallest absolute Gasteiger partial charge is 0.254 e. The Labute approximate surface area is 147 Å². The molecule has 1 aromatic carbocycles. The summed E-state index contributed by atoms with van der Waals surface area (Å²) in [5.74, 6) is -0.158. The van der Waals surface area contributed by atoms with Gasteiger partial charge in [0.25, 0.3) is 11.5 Å². The first-order valence-electron chi connectivity index (χ1n) is 8.39. The second-order valence-corrected chi connectivity index (χ2v) is 6.25. The van der Waals surface area contributed by atoms with Crippen molar-refractivity contribution in [3.05, 3.63) is 64.1 Å². The first kappa shape index (κ1) is 17.2. The van der Waals surface area contributed by atoms with Gasteiger partial charge in [-0.2, -0.15) is 0 Å². The van der Waals surface area contributed by atoms with Gasteiger partial charge in [-0.05, 0) is 17.7 Å². The summed E-state index contributed by atoms with van der Waals surface area (Å²) in [6.07, 6.45) is 1.62. The molecule has 2 heterocycles. The van der Waals surface area contributed by atoms with Crippen LogP contribution in [0.5, 0.6) is 0 Å². The van der Waals surface area contributed by atoms with Crippen LogP contribution in [0.2, 0.25) is 0 Å². The lowest BCUT2D eigenvalue weighted by Crippen LogP contribution is -2.37. The lowest BCUT2D eigenvalue weighted by Gasteiger charge is -2.31. The van der Waals surface area contributed by atoms with E-state index >= 15 is 0 Å². The number of aryl methyl sites for hydroxylation is 1. The molecular weight excluding hydrogens is 318 g/mol. The Kier molecular flexibility index (Phi) is 5.19. The summed E-state index contributed by atoms with van der Waals surface area (Å²) < 4.78 is 6.87. The van der Waals surface area contributed by atoms with Crippen molar-refractivity contribution in [2.24, 2.45) is 7.05 Å². The van der Waals surface area contributed by atoms with E-state index in [9.17, 15) is 9.59 Å². The lowest BCUT2D eigenvalue weighted by molar-refractivity contribution is 0.0784. The van der Waals surface area contributed by atoms with E-state index in [1.807, 2.05) is 18.2 Å². The molecular formula is C19H23N3O3. The van der Waals surface area contributed by atoms with Gasteiger partial charge in [0.15, 0.2) is 0 Å². The number of hydrogen-bond acceptors (Lipinski definition) is 4. The van der Waals surface area contributed by atoms with Crippen LogP contribution < -0.4 is 10.5 Å². The number of morpholine rings is 1. The monoisotopic (exact) mass is 341 g/mol. The molecule has 0 atom stereocenters. The van der Waals surface area contributed by atoms with Gasteiger partial charge in [0.1, 0.15) is 0 Å². The van der Waals surface area contributed by atoms with Crippen LogP contribution in [0.4, 0.5) is 5.69 Å².